The molecular formula is C12H14F3NO5. The van der Waals surface area contributed by atoms with Crippen molar-refractivity contribution in [3.63, 3.8) is 0 Å². The van der Waals surface area contributed by atoms with Gasteiger partial charge in [0.05, 0.1) is 11.0 Å². The molecule has 9 heteroatoms. The van der Waals surface area contributed by atoms with Gasteiger partial charge in [0, 0.05) is 18.6 Å². The van der Waals surface area contributed by atoms with Crippen LogP contribution in [0, 0.1) is 10.1 Å². The van der Waals surface area contributed by atoms with E-state index in [2.05, 4.69) is 4.74 Å². The maximum atomic E-state index is 12.1. The van der Waals surface area contributed by atoms with Gasteiger partial charge in [-0.3, -0.25) is 10.1 Å². The maximum Gasteiger partial charge on any atom is 0.573 e. The van der Waals surface area contributed by atoms with E-state index in [-0.39, 0.29) is 18.6 Å². The van der Waals surface area contributed by atoms with Gasteiger partial charge in [-0.1, -0.05) is 0 Å². The van der Waals surface area contributed by atoms with Gasteiger partial charge in [-0.15, -0.1) is 13.2 Å². The fourth-order valence-electron chi connectivity index (χ4n) is 1.78. The van der Waals surface area contributed by atoms with Gasteiger partial charge in [-0.25, -0.2) is 0 Å². The number of aliphatic hydroxyl groups is 1. The van der Waals surface area contributed by atoms with Crippen molar-refractivity contribution in [3.05, 3.63) is 33.9 Å². The third-order valence-electron chi connectivity index (χ3n) is 2.46. The number of halogens is 3. The van der Waals surface area contributed by atoms with Crippen molar-refractivity contribution in [2.75, 3.05) is 6.61 Å². The summed E-state index contributed by atoms with van der Waals surface area (Å²) in [6.45, 7) is 3.11. The number of nitro groups is 1. The molecule has 0 fully saturated rings. The predicted molar refractivity (Wildman–Crippen MR) is 65.7 cm³/mol. The summed E-state index contributed by atoms with van der Waals surface area (Å²) < 4.78 is 44.9. The third-order valence-corrected chi connectivity index (χ3v) is 2.46. The van der Waals surface area contributed by atoms with Gasteiger partial charge in [0.2, 0.25) is 0 Å². The van der Waals surface area contributed by atoms with Crippen LogP contribution in [-0.2, 0) is 11.2 Å². The fraction of sp³-hybridized carbons (Fsp3) is 0.500. The van der Waals surface area contributed by atoms with Crippen LogP contribution in [0.25, 0.3) is 0 Å². The standard InChI is InChI=1S/C12H14F3NO5/c1-3-20-11(2,17)7-8-4-5-9(21-12(13,14)15)6-10(8)16(18)19/h4-6,17H,3,7H2,1-2H3. The lowest BCUT2D eigenvalue weighted by atomic mass is 10.0. The second-order valence-electron chi connectivity index (χ2n) is 4.38. The molecule has 0 radical (unpaired) electrons. The van der Waals surface area contributed by atoms with Gasteiger partial charge in [0.1, 0.15) is 5.75 Å². The molecule has 1 N–H and O–H groups in total. The van der Waals surface area contributed by atoms with Crippen LogP contribution in [0.1, 0.15) is 19.4 Å². The Balaban J connectivity index is 3.08. The topological polar surface area (TPSA) is 81.8 Å². The van der Waals surface area contributed by atoms with Crippen LogP contribution in [0.3, 0.4) is 0 Å². The Morgan fingerprint density at radius 1 is 1.38 bits per heavy atom. The van der Waals surface area contributed by atoms with Gasteiger partial charge < -0.3 is 14.6 Å². The van der Waals surface area contributed by atoms with E-state index in [1.54, 1.807) is 6.92 Å². The molecule has 0 aliphatic carbocycles. The second kappa shape index (κ2) is 6.27. The van der Waals surface area contributed by atoms with Crippen LogP contribution in [0.4, 0.5) is 18.9 Å². The second-order valence-corrected chi connectivity index (χ2v) is 4.38. The lowest BCUT2D eigenvalue weighted by Gasteiger charge is -2.23. The minimum absolute atomic E-state index is 0.0352. The number of benzene rings is 1. The molecule has 0 bridgehead atoms. The zero-order valence-electron chi connectivity index (χ0n) is 11.3. The zero-order valence-corrected chi connectivity index (χ0v) is 11.3. The van der Waals surface area contributed by atoms with Crippen LogP contribution in [0.5, 0.6) is 5.75 Å². The Bertz CT molecular complexity index is 516. The van der Waals surface area contributed by atoms with Crippen molar-refractivity contribution in [2.24, 2.45) is 0 Å². The molecule has 0 aromatic heterocycles. The normalized spacial score (nSPS) is 14.6. The first-order chi connectivity index (χ1) is 9.54. The van der Waals surface area contributed by atoms with E-state index in [0.717, 1.165) is 12.1 Å². The molecule has 0 heterocycles. The van der Waals surface area contributed by atoms with Crippen molar-refractivity contribution < 1.29 is 32.7 Å². The first-order valence-electron chi connectivity index (χ1n) is 5.93. The monoisotopic (exact) mass is 309 g/mol. The summed E-state index contributed by atoms with van der Waals surface area (Å²) in [7, 11) is 0. The molecule has 1 atom stereocenters. The Labute approximate surface area is 118 Å². The van der Waals surface area contributed by atoms with E-state index in [9.17, 15) is 28.4 Å². The molecule has 0 saturated carbocycles. The van der Waals surface area contributed by atoms with Crippen LogP contribution in [0.2, 0.25) is 0 Å². The average molecular weight is 309 g/mol. The molecule has 1 unspecified atom stereocenters. The Kier molecular flexibility index (Phi) is 5.13. The molecule has 0 spiro atoms. The third kappa shape index (κ3) is 5.56. The van der Waals surface area contributed by atoms with Crippen LogP contribution in [-0.4, -0.2) is 28.8 Å². The first kappa shape index (κ1) is 17.2. The first-order valence-corrected chi connectivity index (χ1v) is 5.93. The molecule has 0 aliphatic rings. The molecule has 0 saturated heterocycles. The minimum Gasteiger partial charge on any atom is -0.406 e. The fourth-order valence-corrected chi connectivity index (χ4v) is 1.78. The van der Waals surface area contributed by atoms with Crippen molar-refractivity contribution >= 4 is 5.69 Å². The van der Waals surface area contributed by atoms with Crippen molar-refractivity contribution in [2.45, 2.75) is 32.4 Å². The summed E-state index contributed by atoms with van der Waals surface area (Å²) >= 11 is 0. The SMILES string of the molecule is CCOC(C)(O)Cc1ccc(OC(F)(F)F)cc1[N+](=O)[O-]. The van der Waals surface area contributed by atoms with Crippen molar-refractivity contribution in [1.29, 1.82) is 0 Å². The molecule has 1 rings (SSSR count). The summed E-state index contributed by atoms with van der Waals surface area (Å²) in [5, 5.41) is 20.8. The van der Waals surface area contributed by atoms with E-state index < -0.39 is 28.5 Å². The molecular weight excluding hydrogens is 295 g/mol. The molecule has 1 aromatic rings. The lowest BCUT2D eigenvalue weighted by molar-refractivity contribution is -0.386. The molecule has 0 aliphatic heterocycles. The number of alkyl halides is 3. The largest absolute Gasteiger partial charge is 0.573 e. The Hall–Kier alpha value is -1.87. The summed E-state index contributed by atoms with van der Waals surface area (Å²) in [6.07, 6.45) is -5.18. The quantitative estimate of drug-likeness (QED) is 0.496. The molecule has 118 valence electrons. The number of ether oxygens (including phenoxy) is 2. The van der Waals surface area contributed by atoms with E-state index in [0.29, 0.717) is 6.07 Å². The summed E-state index contributed by atoms with van der Waals surface area (Å²) in [5.41, 5.74) is -0.551. The van der Waals surface area contributed by atoms with Gasteiger partial charge in [0.15, 0.2) is 5.79 Å². The highest BCUT2D eigenvalue weighted by Crippen LogP contribution is 2.31. The Morgan fingerprint density at radius 3 is 2.48 bits per heavy atom. The number of rotatable bonds is 6. The van der Waals surface area contributed by atoms with Gasteiger partial charge >= 0.3 is 6.36 Å². The number of nitro benzene ring substituents is 1. The van der Waals surface area contributed by atoms with Gasteiger partial charge in [-0.2, -0.15) is 0 Å². The van der Waals surface area contributed by atoms with Crippen LogP contribution < -0.4 is 4.74 Å². The summed E-state index contributed by atoms with van der Waals surface area (Å²) in [4.78, 5) is 10.1. The van der Waals surface area contributed by atoms with E-state index in [1.807, 2.05) is 0 Å². The van der Waals surface area contributed by atoms with E-state index >= 15 is 0 Å². The Morgan fingerprint density at radius 2 is 2.00 bits per heavy atom. The molecule has 21 heavy (non-hydrogen) atoms. The smallest absolute Gasteiger partial charge is 0.406 e. The number of nitrogens with zero attached hydrogens (tertiary/aromatic N) is 1. The number of hydrogen-bond donors (Lipinski definition) is 1. The number of hydrogen-bond acceptors (Lipinski definition) is 5. The van der Waals surface area contributed by atoms with E-state index in [1.165, 1.54) is 6.92 Å². The predicted octanol–water partition coefficient (Wildman–Crippen LogP) is 2.78. The summed E-state index contributed by atoms with van der Waals surface area (Å²) in [6, 6.07) is 2.69. The molecule has 0 amide bonds. The van der Waals surface area contributed by atoms with Crippen LogP contribution in [0.15, 0.2) is 18.2 Å². The van der Waals surface area contributed by atoms with Gasteiger partial charge in [0.25, 0.3) is 5.69 Å². The highest BCUT2D eigenvalue weighted by molar-refractivity contribution is 5.46. The average Bonchev–Trinajstić information content (AvgIpc) is 2.28. The highest BCUT2D eigenvalue weighted by Gasteiger charge is 2.33. The highest BCUT2D eigenvalue weighted by atomic mass is 19.4. The zero-order chi connectivity index (χ0) is 16.3. The maximum absolute atomic E-state index is 12.1. The lowest BCUT2D eigenvalue weighted by Crippen LogP contribution is -2.31. The molecule has 1 aromatic carbocycles. The van der Waals surface area contributed by atoms with Crippen LogP contribution >= 0.6 is 0 Å². The van der Waals surface area contributed by atoms with Gasteiger partial charge in [-0.05, 0) is 26.0 Å². The molecule has 6 nitrogen and oxygen atoms in total. The summed E-state index contributed by atoms with van der Waals surface area (Å²) in [5.74, 6) is -2.36. The van der Waals surface area contributed by atoms with Crippen molar-refractivity contribution in [3.8, 4) is 5.75 Å². The minimum atomic E-state index is -4.94. The van der Waals surface area contributed by atoms with E-state index in [4.69, 9.17) is 4.74 Å². The van der Waals surface area contributed by atoms with Crippen molar-refractivity contribution in [1.82, 2.24) is 0 Å².